The first kappa shape index (κ1) is 35.3. The molecule has 0 fully saturated rings. The summed E-state index contributed by atoms with van der Waals surface area (Å²) in [5, 5.41) is 17.3. The van der Waals surface area contributed by atoms with Gasteiger partial charge in [-0.2, -0.15) is 0 Å². The van der Waals surface area contributed by atoms with Crippen molar-refractivity contribution in [3.8, 4) is 0 Å². The SMILES string of the molecule is CC(C)C(NC(=O)C(N)CCCN=C(N)N)C(=O)NC(CCCCN)C(=O)NC(CCCN=C(N)N)C(=O)O. The molecule has 224 valence electrons. The lowest BCUT2D eigenvalue weighted by molar-refractivity contribution is -0.142. The van der Waals surface area contributed by atoms with Gasteiger partial charge in [-0.05, 0) is 57.4 Å². The summed E-state index contributed by atoms with van der Waals surface area (Å²) < 4.78 is 0. The van der Waals surface area contributed by atoms with E-state index in [4.69, 9.17) is 34.4 Å². The second-order valence-corrected chi connectivity index (χ2v) is 9.48. The Bertz CT molecular complexity index is 842. The highest BCUT2D eigenvalue weighted by Gasteiger charge is 2.31. The predicted octanol–water partition coefficient (Wildman–Crippen LogP) is -3.26. The largest absolute Gasteiger partial charge is 0.480 e. The van der Waals surface area contributed by atoms with Crippen molar-refractivity contribution in [2.75, 3.05) is 19.6 Å². The van der Waals surface area contributed by atoms with Gasteiger partial charge in [-0.15, -0.1) is 0 Å². The van der Waals surface area contributed by atoms with Crippen molar-refractivity contribution in [3.05, 3.63) is 0 Å². The number of aliphatic imine (C=N–C) groups is 2. The summed E-state index contributed by atoms with van der Waals surface area (Å²) in [6, 6.07) is -4.14. The van der Waals surface area contributed by atoms with Crippen LogP contribution in [0.15, 0.2) is 9.98 Å². The van der Waals surface area contributed by atoms with Gasteiger partial charge in [0.05, 0.1) is 6.04 Å². The zero-order valence-corrected chi connectivity index (χ0v) is 22.9. The lowest BCUT2D eigenvalue weighted by Crippen LogP contribution is -2.58. The minimum atomic E-state index is -1.23. The highest BCUT2D eigenvalue weighted by molar-refractivity contribution is 5.94. The Labute approximate surface area is 229 Å². The normalized spacial score (nSPS) is 13.9. The second-order valence-electron chi connectivity index (χ2n) is 9.48. The number of aliphatic carboxylic acids is 1. The van der Waals surface area contributed by atoms with Crippen molar-refractivity contribution in [2.45, 2.75) is 83.0 Å². The quantitative estimate of drug-likeness (QED) is 0.0402. The monoisotopic (exact) mass is 557 g/mol. The molecule has 0 aliphatic heterocycles. The van der Waals surface area contributed by atoms with Gasteiger partial charge >= 0.3 is 5.97 Å². The molecule has 4 unspecified atom stereocenters. The molecule has 0 radical (unpaired) electrons. The number of guanidine groups is 2. The minimum Gasteiger partial charge on any atom is -0.480 e. The number of carboxylic acids is 1. The Morgan fingerprint density at radius 2 is 1.23 bits per heavy atom. The fourth-order valence-electron chi connectivity index (χ4n) is 3.50. The topological polar surface area (TPSA) is 305 Å². The number of hydrogen-bond donors (Lipinski definition) is 10. The summed E-state index contributed by atoms with van der Waals surface area (Å²) in [6.45, 7) is 4.36. The third kappa shape index (κ3) is 16.0. The number of nitrogens with two attached hydrogens (primary N) is 6. The van der Waals surface area contributed by atoms with E-state index in [1.165, 1.54) is 0 Å². The lowest BCUT2D eigenvalue weighted by Gasteiger charge is -2.27. The average Bonchev–Trinajstić information content (AvgIpc) is 2.85. The molecule has 16 N–H and O–H groups in total. The van der Waals surface area contributed by atoms with Crippen LogP contribution in [0.25, 0.3) is 0 Å². The van der Waals surface area contributed by atoms with Crippen LogP contribution in [0.5, 0.6) is 0 Å². The van der Waals surface area contributed by atoms with Crippen molar-refractivity contribution in [3.63, 3.8) is 0 Å². The van der Waals surface area contributed by atoms with Crippen molar-refractivity contribution in [2.24, 2.45) is 50.3 Å². The zero-order chi connectivity index (χ0) is 30.0. The van der Waals surface area contributed by atoms with E-state index in [0.717, 1.165) is 0 Å². The van der Waals surface area contributed by atoms with Crippen LogP contribution in [0, 0.1) is 5.92 Å². The van der Waals surface area contributed by atoms with Crippen LogP contribution >= 0.6 is 0 Å². The number of unbranched alkanes of at least 4 members (excludes halogenated alkanes) is 1. The van der Waals surface area contributed by atoms with E-state index in [2.05, 4.69) is 25.9 Å². The number of carboxylic acid groups (broad SMARTS) is 1. The molecule has 0 bridgehead atoms. The number of nitrogens with one attached hydrogen (secondary N) is 3. The maximum atomic E-state index is 13.1. The van der Waals surface area contributed by atoms with Crippen LogP contribution in [-0.4, -0.2) is 84.5 Å². The molecule has 0 aliphatic rings. The Balaban J connectivity index is 5.36. The molecule has 0 aromatic heterocycles. The summed E-state index contributed by atoms with van der Waals surface area (Å²) in [6.07, 6.45) is 2.47. The van der Waals surface area contributed by atoms with Gasteiger partial charge in [0, 0.05) is 13.1 Å². The molecule has 4 atom stereocenters. The van der Waals surface area contributed by atoms with Crippen LogP contribution in [0.4, 0.5) is 0 Å². The van der Waals surface area contributed by atoms with E-state index in [1.807, 2.05) is 0 Å². The minimum absolute atomic E-state index is 0.0600. The standard InChI is InChI=1S/C23H47N11O5/c1-13(2)17(34-18(35)14(25)7-5-11-30-22(26)27)20(37)32-15(8-3-4-10-24)19(36)33-16(21(38)39)9-6-12-31-23(28)29/h13-17H,3-12,24-25H2,1-2H3,(H,32,37)(H,33,36)(H,34,35)(H,38,39)(H4,26,27,30)(H4,28,29,31). The molecule has 16 heteroatoms. The maximum absolute atomic E-state index is 13.1. The molecule has 0 aliphatic carbocycles. The Hall–Kier alpha value is -3.66. The van der Waals surface area contributed by atoms with Gasteiger partial charge in [-0.1, -0.05) is 13.8 Å². The zero-order valence-electron chi connectivity index (χ0n) is 22.9. The van der Waals surface area contributed by atoms with Crippen molar-refractivity contribution in [1.29, 1.82) is 0 Å². The van der Waals surface area contributed by atoms with Crippen molar-refractivity contribution >= 4 is 35.6 Å². The smallest absolute Gasteiger partial charge is 0.326 e. The van der Waals surface area contributed by atoms with Crippen LogP contribution in [0.1, 0.15) is 58.8 Å². The number of carbonyl (C=O) groups is 4. The molecular formula is C23H47N11O5. The molecule has 0 heterocycles. The van der Waals surface area contributed by atoms with Crippen molar-refractivity contribution < 1.29 is 24.3 Å². The number of nitrogens with zero attached hydrogens (tertiary/aromatic N) is 2. The van der Waals surface area contributed by atoms with Crippen molar-refractivity contribution in [1.82, 2.24) is 16.0 Å². The fourth-order valence-corrected chi connectivity index (χ4v) is 3.50. The molecule has 0 aromatic carbocycles. The lowest BCUT2D eigenvalue weighted by atomic mass is 10.0. The van der Waals surface area contributed by atoms with Gasteiger partial charge in [0.1, 0.15) is 18.1 Å². The molecule has 0 saturated carbocycles. The summed E-state index contributed by atoms with van der Waals surface area (Å²) in [5.41, 5.74) is 32.6. The summed E-state index contributed by atoms with van der Waals surface area (Å²) in [4.78, 5) is 58.1. The Kier molecular flexibility index (Phi) is 17.6. The van der Waals surface area contributed by atoms with Gasteiger partial charge in [0.25, 0.3) is 0 Å². The third-order valence-corrected chi connectivity index (χ3v) is 5.69. The van der Waals surface area contributed by atoms with E-state index in [1.54, 1.807) is 13.8 Å². The number of hydrogen-bond acceptors (Lipinski definition) is 8. The Morgan fingerprint density at radius 1 is 0.718 bits per heavy atom. The first-order valence-electron chi connectivity index (χ1n) is 13.0. The van der Waals surface area contributed by atoms with E-state index in [-0.39, 0.29) is 37.2 Å². The molecule has 16 nitrogen and oxygen atoms in total. The van der Waals surface area contributed by atoms with E-state index >= 15 is 0 Å². The predicted molar refractivity (Wildman–Crippen MR) is 149 cm³/mol. The highest BCUT2D eigenvalue weighted by atomic mass is 16.4. The van der Waals surface area contributed by atoms with Gasteiger partial charge in [-0.25, -0.2) is 4.79 Å². The molecule has 0 aromatic rings. The van der Waals surface area contributed by atoms with Crippen LogP contribution in [0.2, 0.25) is 0 Å². The highest BCUT2D eigenvalue weighted by Crippen LogP contribution is 2.08. The van der Waals surface area contributed by atoms with E-state index < -0.39 is 47.9 Å². The molecule has 0 spiro atoms. The van der Waals surface area contributed by atoms with Gasteiger partial charge in [-0.3, -0.25) is 24.4 Å². The maximum Gasteiger partial charge on any atom is 0.326 e. The average molecular weight is 558 g/mol. The second kappa shape index (κ2) is 19.4. The van der Waals surface area contributed by atoms with Gasteiger partial charge in [0.15, 0.2) is 11.9 Å². The number of carbonyl (C=O) groups excluding carboxylic acids is 3. The van der Waals surface area contributed by atoms with E-state index in [0.29, 0.717) is 45.2 Å². The van der Waals surface area contributed by atoms with Gasteiger partial charge in [0.2, 0.25) is 17.7 Å². The molecule has 0 saturated heterocycles. The summed E-state index contributed by atoms with van der Waals surface area (Å²) in [7, 11) is 0. The first-order chi connectivity index (χ1) is 18.3. The van der Waals surface area contributed by atoms with Crippen LogP contribution < -0.4 is 50.4 Å². The van der Waals surface area contributed by atoms with Gasteiger partial charge < -0.3 is 55.5 Å². The van der Waals surface area contributed by atoms with Crippen LogP contribution in [-0.2, 0) is 19.2 Å². The number of rotatable bonds is 20. The molecule has 0 rings (SSSR count). The summed E-state index contributed by atoms with van der Waals surface area (Å²) >= 11 is 0. The number of amides is 3. The fraction of sp³-hybridized carbons (Fsp3) is 0.739. The molecule has 39 heavy (non-hydrogen) atoms. The van der Waals surface area contributed by atoms with Crippen LogP contribution in [0.3, 0.4) is 0 Å². The molecular weight excluding hydrogens is 510 g/mol. The van der Waals surface area contributed by atoms with E-state index in [9.17, 15) is 24.3 Å². The molecule has 3 amide bonds. The Morgan fingerprint density at radius 3 is 1.72 bits per heavy atom. The summed E-state index contributed by atoms with van der Waals surface area (Å²) in [5.74, 6) is -3.55. The third-order valence-electron chi connectivity index (χ3n) is 5.69. The first-order valence-corrected chi connectivity index (χ1v) is 13.0.